The van der Waals surface area contributed by atoms with Crippen molar-refractivity contribution in [2.24, 2.45) is 5.92 Å². The van der Waals surface area contributed by atoms with Crippen LogP contribution >= 0.6 is 0 Å². The standard InChI is InChI=1S/C20H25N3O2/c1-13-3-5-15(6-4-13)18(24)16-9-11-23(12-10-16)14(2)20-21-19(22-25-20)17-7-8-17/h3-6,14,16-17H,7-12H2,1-2H3. The van der Waals surface area contributed by atoms with E-state index in [1.54, 1.807) is 0 Å². The topological polar surface area (TPSA) is 59.2 Å². The molecule has 0 bridgehead atoms. The molecule has 1 aromatic carbocycles. The van der Waals surface area contributed by atoms with Crippen LogP contribution in [0.2, 0.25) is 0 Å². The first-order chi connectivity index (χ1) is 12.1. The molecule has 1 atom stereocenters. The zero-order chi connectivity index (χ0) is 17.4. The third-order valence-corrected chi connectivity index (χ3v) is 5.54. The third-order valence-electron chi connectivity index (χ3n) is 5.54. The summed E-state index contributed by atoms with van der Waals surface area (Å²) in [6, 6.07) is 8.04. The number of carbonyl (C=O) groups excluding carboxylic acids is 1. The summed E-state index contributed by atoms with van der Waals surface area (Å²) in [6.45, 7) is 5.95. The SMILES string of the molecule is Cc1ccc(C(=O)C2CCN(C(C)c3nc(C4CC4)no3)CC2)cc1. The Morgan fingerprint density at radius 1 is 1.16 bits per heavy atom. The minimum atomic E-state index is 0.121. The molecule has 132 valence electrons. The number of aromatic nitrogens is 2. The summed E-state index contributed by atoms with van der Waals surface area (Å²) in [7, 11) is 0. The Morgan fingerprint density at radius 2 is 1.84 bits per heavy atom. The highest BCUT2D eigenvalue weighted by Crippen LogP contribution is 2.39. The molecule has 1 saturated carbocycles. The van der Waals surface area contributed by atoms with E-state index >= 15 is 0 Å². The number of Topliss-reactive ketones (excluding diaryl/α,β-unsaturated/α-hetero) is 1. The molecule has 2 heterocycles. The molecule has 2 aromatic rings. The second-order valence-corrected chi connectivity index (χ2v) is 7.48. The number of piperidine rings is 1. The fraction of sp³-hybridized carbons (Fsp3) is 0.550. The van der Waals surface area contributed by atoms with E-state index in [9.17, 15) is 4.79 Å². The van der Waals surface area contributed by atoms with Crippen molar-refractivity contribution < 1.29 is 9.32 Å². The molecular formula is C20H25N3O2. The normalized spacial score (nSPS) is 20.6. The molecule has 0 radical (unpaired) electrons. The monoisotopic (exact) mass is 339 g/mol. The van der Waals surface area contributed by atoms with E-state index in [0.29, 0.717) is 11.8 Å². The number of hydrogen-bond donors (Lipinski definition) is 0. The lowest BCUT2D eigenvalue weighted by Crippen LogP contribution is -2.38. The lowest BCUT2D eigenvalue weighted by Gasteiger charge is -2.33. The molecule has 0 spiro atoms. The van der Waals surface area contributed by atoms with Crippen LogP contribution in [0.4, 0.5) is 0 Å². The Labute approximate surface area is 148 Å². The molecular weight excluding hydrogens is 314 g/mol. The van der Waals surface area contributed by atoms with Crippen molar-refractivity contribution in [1.82, 2.24) is 15.0 Å². The molecule has 5 nitrogen and oxygen atoms in total. The van der Waals surface area contributed by atoms with Gasteiger partial charge in [0.1, 0.15) is 0 Å². The van der Waals surface area contributed by atoms with Crippen LogP contribution in [0.1, 0.15) is 72.2 Å². The maximum Gasteiger partial charge on any atom is 0.243 e. The van der Waals surface area contributed by atoms with Crippen molar-refractivity contribution >= 4 is 5.78 Å². The zero-order valence-electron chi connectivity index (χ0n) is 14.9. The van der Waals surface area contributed by atoms with Gasteiger partial charge in [0, 0.05) is 17.4 Å². The average Bonchev–Trinajstić information content (AvgIpc) is 3.38. The van der Waals surface area contributed by atoms with E-state index in [2.05, 4.69) is 22.0 Å². The molecule has 1 unspecified atom stereocenters. The quantitative estimate of drug-likeness (QED) is 0.773. The van der Waals surface area contributed by atoms with E-state index < -0.39 is 0 Å². The summed E-state index contributed by atoms with van der Waals surface area (Å²) in [5.74, 6) is 2.50. The number of aryl methyl sites for hydroxylation is 1. The van der Waals surface area contributed by atoms with Crippen molar-refractivity contribution in [3.8, 4) is 0 Å². The van der Waals surface area contributed by atoms with Gasteiger partial charge in [-0.3, -0.25) is 9.69 Å². The highest BCUT2D eigenvalue weighted by atomic mass is 16.5. The van der Waals surface area contributed by atoms with Crippen LogP contribution in [0.25, 0.3) is 0 Å². The predicted molar refractivity (Wildman–Crippen MR) is 94.5 cm³/mol. The van der Waals surface area contributed by atoms with Gasteiger partial charge in [-0.15, -0.1) is 0 Å². The van der Waals surface area contributed by atoms with Crippen molar-refractivity contribution in [2.75, 3.05) is 13.1 Å². The molecule has 1 aliphatic heterocycles. The van der Waals surface area contributed by atoms with Crippen LogP contribution in [0, 0.1) is 12.8 Å². The smallest absolute Gasteiger partial charge is 0.243 e. The van der Waals surface area contributed by atoms with Gasteiger partial charge in [-0.1, -0.05) is 35.0 Å². The van der Waals surface area contributed by atoms with E-state index in [4.69, 9.17) is 4.52 Å². The number of carbonyl (C=O) groups is 1. The molecule has 2 fully saturated rings. The number of benzene rings is 1. The lowest BCUT2D eigenvalue weighted by molar-refractivity contribution is 0.0774. The molecule has 1 aliphatic carbocycles. The Kier molecular flexibility index (Phi) is 4.42. The van der Waals surface area contributed by atoms with Gasteiger partial charge >= 0.3 is 0 Å². The number of ketones is 1. The molecule has 1 aromatic heterocycles. The maximum atomic E-state index is 12.7. The van der Waals surface area contributed by atoms with Gasteiger partial charge in [0.15, 0.2) is 11.6 Å². The van der Waals surface area contributed by atoms with Crippen LogP contribution in [-0.2, 0) is 0 Å². The number of nitrogens with zero attached hydrogens (tertiary/aromatic N) is 3. The first-order valence-electron chi connectivity index (χ1n) is 9.30. The Morgan fingerprint density at radius 3 is 2.48 bits per heavy atom. The van der Waals surface area contributed by atoms with Gasteiger partial charge in [-0.2, -0.15) is 4.98 Å². The summed E-state index contributed by atoms with van der Waals surface area (Å²) in [4.78, 5) is 19.6. The zero-order valence-corrected chi connectivity index (χ0v) is 14.9. The second-order valence-electron chi connectivity index (χ2n) is 7.48. The van der Waals surface area contributed by atoms with Crippen molar-refractivity contribution in [1.29, 1.82) is 0 Å². The van der Waals surface area contributed by atoms with E-state index in [-0.39, 0.29) is 17.7 Å². The second kappa shape index (κ2) is 6.71. The molecule has 2 aliphatic rings. The van der Waals surface area contributed by atoms with E-state index in [1.165, 1.54) is 18.4 Å². The minimum absolute atomic E-state index is 0.121. The average molecular weight is 339 g/mol. The van der Waals surface area contributed by atoms with Gasteiger partial charge in [-0.05, 0) is 52.6 Å². The summed E-state index contributed by atoms with van der Waals surface area (Å²) < 4.78 is 5.47. The molecule has 4 rings (SSSR count). The van der Waals surface area contributed by atoms with Gasteiger partial charge in [0.25, 0.3) is 0 Å². The van der Waals surface area contributed by atoms with Crippen molar-refractivity contribution in [3.05, 3.63) is 47.1 Å². The highest BCUT2D eigenvalue weighted by Gasteiger charge is 2.33. The van der Waals surface area contributed by atoms with Gasteiger partial charge < -0.3 is 4.52 Å². The van der Waals surface area contributed by atoms with Crippen LogP contribution in [0.3, 0.4) is 0 Å². The summed E-state index contributed by atoms with van der Waals surface area (Å²) in [5, 5.41) is 4.12. The number of likely N-dealkylation sites (tertiary alicyclic amines) is 1. The van der Waals surface area contributed by atoms with Crippen molar-refractivity contribution in [3.63, 3.8) is 0 Å². The van der Waals surface area contributed by atoms with Crippen LogP contribution in [0.15, 0.2) is 28.8 Å². The number of hydrogen-bond acceptors (Lipinski definition) is 5. The van der Waals surface area contributed by atoms with Gasteiger partial charge in [0.05, 0.1) is 6.04 Å². The number of rotatable bonds is 5. The lowest BCUT2D eigenvalue weighted by atomic mass is 9.88. The molecule has 0 amide bonds. The van der Waals surface area contributed by atoms with Crippen molar-refractivity contribution in [2.45, 2.75) is 51.5 Å². The summed E-state index contributed by atoms with van der Waals surface area (Å²) in [6.07, 6.45) is 4.14. The van der Waals surface area contributed by atoms with Crippen LogP contribution in [0.5, 0.6) is 0 Å². The van der Waals surface area contributed by atoms with Crippen LogP contribution < -0.4 is 0 Å². The molecule has 5 heteroatoms. The Balaban J connectivity index is 1.35. The fourth-order valence-electron chi connectivity index (χ4n) is 3.58. The van der Waals surface area contributed by atoms with E-state index in [0.717, 1.165) is 37.3 Å². The predicted octanol–water partition coefficient (Wildman–Crippen LogP) is 3.91. The first-order valence-corrected chi connectivity index (χ1v) is 9.30. The molecule has 0 N–H and O–H groups in total. The fourth-order valence-corrected chi connectivity index (χ4v) is 3.58. The molecule has 25 heavy (non-hydrogen) atoms. The van der Waals surface area contributed by atoms with E-state index in [1.807, 2.05) is 31.2 Å². The highest BCUT2D eigenvalue weighted by molar-refractivity contribution is 5.97. The largest absolute Gasteiger partial charge is 0.338 e. The Hall–Kier alpha value is -2.01. The Bertz CT molecular complexity index is 741. The summed E-state index contributed by atoms with van der Waals surface area (Å²) >= 11 is 0. The minimum Gasteiger partial charge on any atom is -0.338 e. The molecule has 1 saturated heterocycles. The summed E-state index contributed by atoms with van der Waals surface area (Å²) in [5.41, 5.74) is 2.02. The maximum absolute atomic E-state index is 12.7. The van der Waals surface area contributed by atoms with Gasteiger partial charge in [0.2, 0.25) is 5.89 Å². The van der Waals surface area contributed by atoms with Crippen LogP contribution in [-0.4, -0.2) is 33.9 Å². The van der Waals surface area contributed by atoms with Gasteiger partial charge in [-0.25, -0.2) is 0 Å². The third kappa shape index (κ3) is 3.52. The first kappa shape index (κ1) is 16.5.